The number of hydrogen-bond acceptors (Lipinski definition) is 3. The zero-order valence-electron chi connectivity index (χ0n) is 10.8. The monoisotopic (exact) mass is 340 g/mol. The Labute approximate surface area is 125 Å². The Kier molecular flexibility index (Phi) is 4.79. The molecule has 0 amide bonds. The maximum atomic E-state index is 9.80. The first kappa shape index (κ1) is 14.7. The van der Waals surface area contributed by atoms with E-state index in [4.69, 9.17) is 0 Å². The van der Waals surface area contributed by atoms with Gasteiger partial charge in [-0.25, -0.2) is 0 Å². The van der Waals surface area contributed by atoms with Crippen LogP contribution in [-0.2, 0) is 11.8 Å². The fourth-order valence-corrected chi connectivity index (χ4v) is 3.73. The lowest BCUT2D eigenvalue weighted by Crippen LogP contribution is -2.37. The normalized spacial score (nSPS) is 11.8. The van der Waals surface area contributed by atoms with E-state index in [9.17, 15) is 10.2 Å². The Morgan fingerprint density at radius 2 is 1.79 bits per heavy atom. The van der Waals surface area contributed by atoms with Crippen LogP contribution in [-0.4, -0.2) is 23.4 Å². The van der Waals surface area contributed by atoms with Gasteiger partial charge in [-0.15, -0.1) is 11.3 Å². The summed E-state index contributed by atoms with van der Waals surface area (Å²) in [5, 5.41) is 21.6. The molecule has 2 rings (SSSR count). The molecule has 4 heteroatoms. The smallest absolute Gasteiger partial charge is 0.0553 e. The highest BCUT2D eigenvalue weighted by Crippen LogP contribution is 2.31. The van der Waals surface area contributed by atoms with Crippen LogP contribution < -0.4 is 0 Å². The highest BCUT2D eigenvalue weighted by molar-refractivity contribution is 9.10. The number of aliphatic hydroxyl groups excluding tert-OH is 2. The van der Waals surface area contributed by atoms with Crippen molar-refractivity contribution in [3.63, 3.8) is 0 Å². The van der Waals surface area contributed by atoms with E-state index in [2.05, 4.69) is 15.9 Å². The van der Waals surface area contributed by atoms with Crippen molar-refractivity contribution in [2.45, 2.75) is 18.8 Å². The molecule has 102 valence electrons. The van der Waals surface area contributed by atoms with Crippen LogP contribution in [0.2, 0.25) is 0 Å². The molecule has 0 spiro atoms. The SMILES string of the molecule is Cc1ccc(C(CO)(CO)Cc2cc(Br)cs2)cc1. The number of rotatable bonds is 5. The zero-order valence-corrected chi connectivity index (χ0v) is 13.2. The second kappa shape index (κ2) is 6.18. The number of thiophene rings is 1. The summed E-state index contributed by atoms with van der Waals surface area (Å²) in [7, 11) is 0. The van der Waals surface area contributed by atoms with E-state index in [1.165, 1.54) is 5.56 Å². The van der Waals surface area contributed by atoms with Gasteiger partial charge in [-0.1, -0.05) is 29.8 Å². The largest absolute Gasteiger partial charge is 0.395 e. The Morgan fingerprint density at radius 3 is 2.26 bits per heavy atom. The zero-order chi connectivity index (χ0) is 13.9. The van der Waals surface area contributed by atoms with Gasteiger partial charge in [-0.3, -0.25) is 0 Å². The Balaban J connectivity index is 2.33. The standard InChI is InChI=1S/C15H17BrO2S/c1-11-2-4-12(5-3-11)15(9-17,10-18)7-14-6-13(16)8-19-14/h2-6,8,17-18H,7,9-10H2,1H3. The first-order valence-electron chi connectivity index (χ1n) is 6.11. The molecule has 2 aromatic rings. The van der Waals surface area contributed by atoms with Gasteiger partial charge in [-0.2, -0.15) is 0 Å². The lowest BCUT2D eigenvalue weighted by Gasteiger charge is -2.30. The fourth-order valence-electron chi connectivity index (χ4n) is 2.13. The predicted molar refractivity (Wildman–Crippen MR) is 82.8 cm³/mol. The summed E-state index contributed by atoms with van der Waals surface area (Å²) in [4.78, 5) is 1.15. The van der Waals surface area contributed by atoms with Gasteiger partial charge in [0.1, 0.15) is 0 Å². The van der Waals surface area contributed by atoms with E-state index in [0.717, 1.165) is 14.9 Å². The molecule has 0 bridgehead atoms. The van der Waals surface area contributed by atoms with Crippen LogP contribution in [0.5, 0.6) is 0 Å². The summed E-state index contributed by atoms with van der Waals surface area (Å²) in [5.74, 6) is 0. The molecule has 1 aromatic carbocycles. The molecular formula is C15H17BrO2S. The van der Waals surface area contributed by atoms with Gasteiger partial charge in [0.25, 0.3) is 0 Å². The van der Waals surface area contributed by atoms with Gasteiger partial charge >= 0.3 is 0 Å². The average molecular weight is 341 g/mol. The van der Waals surface area contributed by atoms with Crippen molar-refractivity contribution < 1.29 is 10.2 Å². The minimum absolute atomic E-state index is 0.0674. The van der Waals surface area contributed by atoms with Gasteiger partial charge in [0.15, 0.2) is 0 Å². The van der Waals surface area contributed by atoms with Crippen LogP contribution >= 0.6 is 27.3 Å². The van der Waals surface area contributed by atoms with E-state index in [1.807, 2.05) is 42.6 Å². The van der Waals surface area contributed by atoms with Crippen LogP contribution in [0.1, 0.15) is 16.0 Å². The summed E-state index contributed by atoms with van der Waals surface area (Å²) in [5.41, 5.74) is 1.54. The minimum atomic E-state index is -0.613. The molecule has 1 heterocycles. The number of aliphatic hydroxyl groups is 2. The topological polar surface area (TPSA) is 40.5 Å². The third-order valence-electron chi connectivity index (χ3n) is 3.40. The summed E-state index contributed by atoms with van der Waals surface area (Å²) in [6.45, 7) is 1.89. The lowest BCUT2D eigenvalue weighted by molar-refractivity contribution is 0.117. The number of halogens is 1. The van der Waals surface area contributed by atoms with Crippen molar-refractivity contribution in [1.29, 1.82) is 0 Å². The molecule has 0 radical (unpaired) electrons. The van der Waals surface area contributed by atoms with E-state index < -0.39 is 5.41 Å². The fraction of sp³-hybridized carbons (Fsp3) is 0.333. The summed E-state index contributed by atoms with van der Waals surface area (Å²) in [6.07, 6.45) is 0.638. The van der Waals surface area contributed by atoms with Crippen LogP contribution in [0.15, 0.2) is 40.2 Å². The Morgan fingerprint density at radius 1 is 1.16 bits per heavy atom. The molecule has 0 fully saturated rings. The first-order chi connectivity index (χ1) is 9.09. The van der Waals surface area contributed by atoms with E-state index in [1.54, 1.807) is 11.3 Å². The van der Waals surface area contributed by atoms with Gasteiger partial charge < -0.3 is 10.2 Å². The highest BCUT2D eigenvalue weighted by Gasteiger charge is 2.31. The second-order valence-electron chi connectivity index (χ2n) is 4.87. The summed E-state index contributed by atoms with van der Waals surface area (Å²) >= 11 is 5.07. The molecule has 2 nitrogen and oxygen atoms in total. The number of aryl methyl sites for hydroxylation is 1. The summed E-state index contributed by atoms with van der Waals surface area (Å²) in [6, 6.07) is 10.0. The third-order valence-corrected chi connectivity index (χ3v) is 5.10. The van der Waals surface area contributed by atoms with Crippen molar-refractivity contribution in [2.75, 3.05) is 13.2 Å². The van der Waals surface area contributed by atoms with Gasteiger partial charge in [-0.05, 0) is 40.9 Å². The van der Waals surface area contributed by atoms with Crippen molar-refractivity contribution in [3.05, 3.63) is 56.2 Å². The molecule has 0 saturated heterocycles. The number of benzene rings is 1. The molecule has 0 aliphatic heterocycles. The maximum Gasteiger partial charge on any atom is 0.0553 e. The molecule has 0 atom stereocenters. The quantitative estimate of drug-likeness (QED) is 0.876. The van der Waals surface area contributed by atoms with Crippen LogP contribution in [0, 0.1) is 6.92 Å². The molecular weight excluding hydrogens is 324 g/mol. The Hall–Kier alpha value is -0.680. The predicted octanol–water partition coefficient (Wildman–Crippen LogP) is 3.28. The van der Waals surface area contributed by atoms with Gasteiger partial charge in [0.05, 0.1) is 13.2 Å². The molecule has 0 aliphatic carbocycles. The van der Waals surface area contributed by atoms with Crippen molar-refractivity contribution >= 4 is 27.3 Å². The van der Waals surface area contributed by atoms with Crippen molar-refractivity contribution in [1.82, 2.24) is 0 Å². The lowest BCUT2D eigenvalue weighted by atomic mass is 9.78. The third kappa shape index (κ3) is 3.26. The molecule has 0 saturated carbocycles. The first-order valence-corrected chi connectivity index (χ1v) is 7.79. The number of hydrogen-bond donors (Lipinski definition) is 2. The average Bonchev–Trinajstić information content (AvgIpc) is 2.82. The van der Waals surface area contributed by atoms with E-state index in [-0.39, 0.29) is 13.2 Å². The molecule has 2 N–H and O–H groups in total. The van der Waals surface area contributed by atoms with Gasteiger partial charge in [0, 0.05) is 20.1 Å². The second-order valence-corrected chi connectivity index (χ2v) is 6.78. The van der Waals surface area contributed by atoms with Gasteiger partial charge in [0.2, 0.25) is 0 Å². The van der Waals surface area contributed by atoms with Crippen molar-refractivity contribution in [2.24, 2.45) is 0 Å². The molecule has 0 aliphatic rings. The van der Waals surface area contributed by atoms with Crippen LogP contribution in [0.25, 0.3) is 0 Å². The minimum Gasteiger partial charge on any atom is -0.395 e. The molecule has 0 unspecified atom stereocenters. The van der Waals surface area contributed by atoms with Crippen molar-refractivity contribution in [3.8, 4) is 0 Å². The van der Waals surface area contributed by atoms with Crippen LogP contribution in [0.3, 0.4) is 0 Å². The molecule has 1 aromatic heterocycles. The Bertz CT molecular complexity index is 529. The van der Waals surface area contributed by atoms with E-state index in [0.29, 0.717) is 6.42 Å². The maximum absolute atomic E-state index is 9.80. The summed E-state index contributed by atoms with van der Waals surface area (Å²) < 4.78 is 1.04. The van der Waals surface area contributed by atoms with Crippen LogP contribution in [0.4, 0.5) is 0 Å². The van der Waals surface area contributed by atoms with E-state index >= 15 is 0 Å². The molecule has 19 heavy (non-hydrogen) atoms. The highest BCUT2D eigenvalue weighted by atomic mass is 79.9.